The molecule has 0 amide bonds. The van der Waals surface area contributed by atoms with Crippen LogP contribution < -0.4 is 5.56 Å². The molecule has 2 rings (SSSR count). The minimum atomic E-state index is -0.324. The third-order valence-electron chi connectivity index (χ3n) is 2.98. The summed E-state index contributed by atoms with van der Waals surface area (Å²) in [5.41, 5.74) is 1.86. The molecule has 4 heteroatoms. The van der Waals surface area contributed by atoms with E-state index in [2.05, 4.69) is 6.07 Å². The zero-order valence-corrected chi connectivity index (χ0v) is 10.4. The number of pyridine rings is 1. The van der Waals surface area contributed by atoms with Crippen molar-refractivity contribution in [2.45, 2.75) is 13.5 Å². The number of rotatable bonds is 2. The normalized spacial score (nSPS) is 9.63. The van der Waals surface area contributed by atoms with Crippen molar-refractivity contribution in [3.05, 3.63) is 69.1 Å². The van der Waals surface area contributed by atoms with Gasteiger partial charge in [-0.3, -0.25) is 4.79 Å². The molecule has 0 bridgehead atoms. The molecule has 0 aliphatic rings. The zero-order chi connectivity index (χ0) is 13.8. The van der Waals surface area contributed by atoms with Crippen LogP contribution in [0.3, 0.4) is 0 Å². The summed E-state index contributed by atoms with van der Waals surface area (Å²) >= 11 is 0. The lowest BCUT2D eigenvalue weighted by atomic mass is 10.1. The highest BCUT2D eigenvalue weighted by Crippen LogP contribution is 2.10. The number of benzene rings is 1. The van der Waals surface area contributed by atoms with Gasteiger partial charge in [0.2, 0.25) is 0 Å². The van der Waals surface area contributed by atoms with E-state index in [9.17, 15) is 4.79 Å². The van der Waals surface area contributed by atoms with E-state index in [0.29, 0.717) is 12.1 Å². The van der Waals surface area contributed by atoms with Crippen molar-refractivity contribution in [2.24, 2.45) is 0 Å². The van der Waals surface area contributed by atoms with Gasteiger partial charge in [0.15, 0.2) is 0 Å². The number of nitriles is 2. The summed E-state index contributed by atoms with van der Waals surface area (Å²) < 4.78 is 1.51. The van der Waals surface area contributed by atoms with Crippen molar-refractivity contribution >= 4 is 0 Å². The maximum Gasteiger partial charge on any atom is 0.268 e. The molecule has 2 aromatic rings. The Balaban J connectivity index is 2.54. The first-order valence-corrected chi connectivity index (χ1v) is 5.76. The Labute approximate surface area is 110 Å². The second-order valence-corrected chi connectivity index (χ2v) is 4.16. The molecule has 4 nitrogen and oxygen atoms in total. The number of hydrogen-bond acceptors (Lipinski definition) is 3. The molecule has 1 heterocycles. The van der Waals surface area contributed by atoms with Crippen LogP contribution >= 0.6 is 0 Å². The summed E-state index contributed by atoms with van der Waals surface area (Å²) in [5, 5.41) is 17.9. The Bertz CT molecular complexity index is 760. The molecule has 0 aliphatic carbocycles. The van der Waals surface area contributed by atoms with Gasteiger partial charge < -0.3 is 4.57 Å². The van der Waals surface area contributed by atoms with Gasteiger partial charge in [-0.1, -0.05) is 18.2 Å². The van der Waals surface area contributed by atoms with Crippen LogP contribution in [-0.4, -0.2) is 4.57 Å². The maximum absolute atomic E-state index is 12.1. The highest BCUT2D eigenvalue weighted by molar-refractivity contribution is 5.38. The van der Waals surface area contributed by atoms with Gasteiger partial charge in [0.1, 0.15) is 11.6 Å². The van der Waals surface area contributed by atoms with E-state index in [0.717, 1.165) is 11.3 Å². The summed E-state index contributed by atoms with van der Waals surface area (Å²) in [6.45, 7) is 2.10. The van der Waals surface area contributed by atoms with Crippen LogP contribution in [0.25, 0.3) is 0 Å². The summed E-state index contributed by atoms with van der Waals surface area (Å²) in [6.07, 6.45) is 0. The fourth-order valence-electron chi connectivity index (χ4n) is 1.89. The molecule has 1 aromatic carbocycles. The van der Waals surface area contributed by atoms with Crippen LogP contribution in [0.1, 0.15) is 22.4 Å². The third kappa shape index (κ3) is 2.38. The molecule has 0 spiro atoms. The lowest BCUT2D eigenvalue weighted by Gasteiger charge is -2.11. The van der Waals surface area contributed by atoms with Crippen molar-refractivity contribution in [2.75, 3.05) is 0 Å². The minimum Gasteiger partial charge on any atom is -0.307 e. The van der Waals surface area contributed by atoms with E-state index in [-0.39, 0.29) is 11.1 Å². The predicted molar refractivity (Wildman–Crippen MR) is 70.4 cm³/mol. The topological polar surface area (TPSA) is 69.6 Å². The molecular formula is C15H11N3O. The number of aryl methyl sites for hydroxylation is 1. The summed E-state index contributed by atoms with van der Waals surface area (Å²) in [7, 11) is 0. The molecular weight excluding hydrogens is 238 g/mol. The Morgan fingerprint density at radius 1 is 1.05 bits per heavy atom. The van der Waals surface area contributed by atoms with Crippen molar-refractivity contribution in [1.82, 2.24) is 4.57 Å². The van der Waals surface area contributed by atoms with E-state index in [1.807, 2.05) is 18.2 Å². The standard InChI is InChI=1S/C15H11N3O/c1-11-6-7-13(9-17)15(19)18(11)10-14-5-3-2-4-12(14)8-16/h2-7H,10H2,1H3. The van der Waals surface area contributed by atoms with Crippen molar-refractivity contribution in [3.8, 4) is 12.1 Å². The van der Waals surface area contributed by atoms with Crippen LogP contribution in [0.4, 0.5) is 0 Å². The second-order valence-electron chi connectivity index (χ2n) is 4.16. The molecule has 19 heavy (non-hydrogen) atoms. The lowest BCUT2D eigenvalue weighted by Crippen LogP contribution is -2.25. The van der Waals surface area contributed by atoms with Crippen molar-refractivity contribution < 1.29 is 0 Å². The average Bonchev–Trinajstić information content (AvgIpc) is 2.44. The largest absolute Gasteiger partial charge is 0.307 e. The molecule has 0 saturated carbocycles. The number of aromatic nitrogens is 1. The first-order valence-electron chi connectivity index (χ1n) is 5.76. The Hall–Kier alpha value is -2.85. The van der Waals surface area contributed by atoms with Gasteiger partial charge in [0.05, 0.1) is 18.2 Å². The molecule has 0 saturated heterocycles. The van der Waals surface area contributed by atoms with Gasteiger partial charge in [-0.2, -0.15) is 10.5 Å². The van der Waals surface area contributed by atoms with Gasteiger partial charge in [0.25, 0.3) is 5.56 Å². The quantitative estimate of drug-likeness (QED) is 0.816. The second kappa shape index (κ2) is 5.20. The van der Waals surface area contributed by atoms with E-state index < -0.39 is 0 Å². The van der Waals surface area contributed by atoms with Crippen molar-refractivity contribution in [3.63, 3.8) is 0 Å². The predicted octanol–water partition coefficient (Wildman–Crippen LogP) is 1.95. The van der Waals surface area contributed by atoms with Gasteiger partial charge in [-0.15, -0.1) is 0 Å². The highest BCUT2D eigenvalue weighted by atomic mass is 16.1. The Kier molecular flexibility index (Phi) is 3.45. The van der Waals surface area contributed by atoms with Crippen LogP contribution in [0.5, 0.6) is 0 Å². The summed E-state index contributed by atoms with van der Waals surface area (Å²) in [5.74, 6) is 0. The average molecular weight is 249 g/mol. The van der Waals surface area contributed by atoms with E-state index in [4.69, 9.17) is 10.5 Å². The van der Waals surface area contributed by atoms with Gasteiger partial charge in [-0.05, 0) is 30.7 Å². The Morgan fingerprint density at radius 3 is 2.42 bits per heavy atom. The molecule has 0 atom stereocenters. The summed E-state index contributed by atoms with van der Waals surface area (Å²) in [6, 6.07) is 14.4. The smallest absolute Gasteiger partial charge is 0.268 e. The monoisotopic (exact) mass is 249 g/mol. The molecule has 0 radical (unpaired) electrons. The number of hydrogen-bond donors (Lipinski definition) is 0. The molecule has 0 aliphatic heterocycles. The first kappa shape index (κ1) is 12.6. The molecule has 92 valence electrons. The summed E-state index contributed by atoms with van der Waals surface area (Å²) in [4.78, 5) is 12.1. The van der Waals surface area contributed by atoms with E-state index in [1.54, 1.807) is 25.1 Å². The van der Waals surface area contributed by atoms with Crippen molar-refractivity contribution in [1.29, 1.82) is 10.5 Å². The van der Waals surface area contributed by atoms with Crippen LogP contribution in [0, 0.1) is 29.6 Å². The van der Waals surface area contributed by atoms with E-state index >= 15 is 0 Å². The molecule has 0 N–H and O–H groups in total. The molecule has 0 unspecified atom stereocenters. The van der Waals surface area contributed by atoms with Crippen LogP contribution in [-0.2, 0) is 6.54 Å². The van der Waals surface area contributed by atoms with E-state index in [1.165, 1.54) is 10.6 Å². The number of nitrogens with zero attached hydrogens (tertiary/aromatic N) is 3. The van der Waals surface area contributed by atoms with Gasteiger partial charge in [-0.25, -0.2) is 0 Å². The Morgan fingerprint density at radius 2 is 1.74 bits per heavy atom. The molecule has 0 fully saturated rings. The minimum absolute atomic E-state index is 0.111. The third-order valence-corrected chi connectivity index (χ3v) is 2.98. The van der Waals surface area contributed by atoms with Gasteiger partial charge in [0, 0.05) is 5.69 Å². The fraction of sp³-hybridized carbons (Fsp3) is 0.133. The molecule has 1 aromatic heterocycles. The maximum atomic E-state index is 12.1. The first-order chi connectivity index (χ1) is 9.17. The SMILES string of the molecule is Cc1ccc(C#N)c(=O)n1Cc1ccccc1C#N. The fourth-order valence-corrected chi connectivity index (χ4v) is 1.89. The highest BCUT2D eigenvalue weighted by Gasteiger charge is 2.08. The van der Waals surface area contributed by atoms with Crippen LogP contribution in [0.15, 0.2) is 41.2 Å². The van der Waals surface area contributed by atoms with Crippen LogP contribution in [0.2, 0.25) is 0 Å². The van der Waals surface area contributed by atoms with Gasteiger partial charge >= 0.3 is 0 Å². The zero-order valence-electron chi connectivity index (χ0n) is 10.4. The lowest BCUT2D eigenvalue weighted by molar-refractivity contribution is 0.726.